The van der Waals surface area contributed by atoms with E-state index in [0.29, 0.717) is 30.5 Å². The third kappa shape index (κ3) is 7.97. The Morgan fingerprint density at radius 2 is 1.64 bits per heavy atom. The minimum atomic E-state index is -0.321. The molecule has 39 heavy (non-hydrogen) atoms. The minimum absolute atomic E-state index is 0.0443. The number of pyridine rings is 2. The lowest BCUT2D eigenvalue weighted by atomic mass is 10.1. The molecule has 1 fully saturated rings. The molecule has 5 rings (SSSR count). The average molecular weight is 542 g/mol. The van der Waals surface area contributed by atoms with Gasteiger partial charge in [-0.3, -0.25) is 0 Å². The van der Waals surface area contributed by atoms with Gasteiger partial charge in [0.1, 0.15) is 23.4 Å². The van der Waals surface area contributed by atoms with Crippen LogP contribution in [-0.4, -0.2) is 45.9 Å². The van der Waals surface area contributed by atoms with Crippen molar-refractivity contribution >= 4 is 17.9 Å². The number of benzene rings is 2. The molecule has 1 aliphatic rings. The summed E-state index contributed by atoms with van der Waals surface area (Å²) in [4.78, 5) is 23.0. The molecule has 0 bridgehead atoms. The predicted octanol–water partition coefficient (Wildman–Crippen LogP) is 6.95. The topological polar surface area (TPSA) is 73.8 Å². The van der Waals surface area contributed by atoms with Gasteiger partial charge >= 0.3 is 6.09 Å². The number of likely N-dealkylation sites (tertiary alicyclic amines) is 1. The van der Waals surface area contributed by atoms with E-state index < -0.39 is 0 Å². The highest BCUT2D eigenvalue weighted by Gasteiger charge is 2.25. The molecular weight excluding hydrogens is 510 g/mol. The first-order valence-corrected chi connectivity index (χ1v) is 14.1. The van der Waals surface area contributed by atoms with Gasteiger partial charge in [-0.2, -0.15) is 0 Å². The van der Waals surface area contributed by atoms with Crippen LogP contribution in [-0.2, 0) is 6.42 Å². The quantitative estimate of drug-likeness (QED) is 0.212. The van der Waals surface area contributed by atoms with Gasteiger partial charge in [0.2, 0.25) is 5.88 Å². The van der Waals surface area contributed by atoms with Crippen LogP contribution < -0.4 is 14.2 Å². The number of hydrogen-bond donors (Lipinski definition) is 0. The number of nitrogens with zero attached hydrogens (tertiary/aromatic N) is 3. The number of carbonyl (C=O) groups excluding carboxylic acids is 1. The lowest BCUT2D eigenvalue weighted by Crippen LogP contribution is -2.43. The number of hydrogen-bond acceptors (Lipinski definition) is 7. The molecule has 8 heteroatoms. The van der Waals surface area contributed by atoms with Crippen LogP contribution in [0.5, 0.6) is 23.1 Å². The highest BCUT2D eigenvalue weighted by molar-refractivity contribution is 7.99. The van der Waals surface area contributed by atoms with E-state index in [1.807, 2.05) is 85.8 Å². The second kappa shape index (κ2) is 13.2. The van der Waals surface area contributed by atoms with Crippen molar-refractivity contribution in [2.45, 2.75) is 37.3 Å². The molecule has 0 radical (unpaired) electrons. The van der Waals surface area contributed by atoms with Crippen molar-refractivity contribution in [2.75, 3.05) is 18.8 Å². The molecule has 0 atom stereocenters. The Bertz CT molecular complexity index is 1330. The number of piperidine rings is 1. The second-order valence-electron chi connectivity index (χ2n) is 9.33. The Hall–Kier alpha value is -4.04. The van der Waals surface area contributed by atoms with Crippen LogP contribution in [0.2, 0.25) is 0 Å². The van der Waals surface area contributed by atoms with Crippen LogP contribution in [0.25, 0.3) is 0 Å². The molecule has 2 aromatic carbocycles. The van der Waals surface area contributed by atoms with E-state index >= 15 is 0 Å². The van der Waals surface area contributed by atoms with Crippen molar-refractivity contribution in [3.63, 3.8) is 0 Å². The highest BCUT2D eigenvalue weighted by atomic mass is 32.2. The van der Waals surface area contributed by atoms with E-state index in [-0.39, 0.29) is 12.2 Å². The molecule has 0 unspecified atom stereocenters. The van der Waals surface area contributed by atoms with Crippen molar-refractivity contribution in [3.05, 3.63) is 102 Å². The molecule has 200 valence electrons. The number of thioether (sulfide) groups is 1. The number of aryl methyl sites for hydroxylation is 2. The summed E-state index contributed by atoms with van der Waals surface area (Å²) in [5, 5.41) is 1.02. The number of aromatic nitrogens is 2. The summed E-state index contributed by atoms with van der Waals surface area (Å²) < 4.78 is 17.5. The number of rotatable bonds is 9. The van der Waals surface area contributed by atoms with Gasteiger partial charge in [-0.25, -0.2) is 14.8 Å². The van der Waals surface area contributed by atoms with Crippen LogP contribution in [0.15, 0.2) is 96.3 Å². The summed E-state index contributed by atoms with van der Waals surface area (Å²) >= 11 is 1.73. The van der Waals surface area contributed by atoms with Crippen LogP contribution in [0.4, 0.5) is 4.79 Å². The first kappa shape index (κ1) is 26.6. The van der Waals surface area contributed by atoms with Crippen molar-refractivity contribution in [3.8, 4) is 23.1 Å². The average Bonchev–Trinajstić information content (AvgIpc) is 2.97. The Balaban J connectivity index is 1.02. The highest BCUT2D eigenvalue weighted by Crippen LogP contribution is 2.25. The standard InChI is InChI=1S/C31H31N3O4S/c1-23-5-14-29(33-22-23)37-26-12-10-25(11-13-26)36-28-15-19-34(20-16-28)31(35)38-27-8-6-24(7-9-27)17-21-39-30-4-2-3-18-32-30/h2-14,18,22,28H,15-17,19-21H2,1H3. The maximum Gasteiger partial charge on any atom is 0.415 e. The molecule has 0 N–H and O–H groups in total. The number of amides is 1. The molecule has 3 heterocycles. The zero-order valence-electron chi connectivity index (χ0n) is 21.9. The van der Waals surface area contributed by atoms with Gasteiger partial charge in [-0.1, -0.05) is 24.3 Å². The minimum Gasteiger partial charge on any atom is -0.490 e. The maximum atomic E-state index is 12.7. The first-order valence-electron chi connectivity index (χ1n) is 13.1. The molecule has 0 spiro atoms. The molecule has 0 aliphatic carbocycles. The molecule has 1 amide bonds. The van der Waals surface area contributed by atoms with Crippen LogP contribution in [0, 0.1) is 6.92 Å². The fraction of sp³-hybridized carbons (Fsp3) is 0.258. The summed E-state index contributed by atoms with van der Waals surface area (Å²) in [7, 11) is 0. The SMILES string of the molecule is Cc1ccc(Oc2ccc(OC3CCN(C(=O)Oc4ccc(CCSc5ccccn5)cc4)CC3)cc2)nc1. The van der Waals surface area contributed by atoms with Crippen molar-refractivity contribution in [1.29, 1.82) is 0 Å². The molecule has 1 saturated heterocycles. The van der Waals surface area contributed by atoms with Crippen LogP contribution >= 0.6 is 11.8 Å². The smallest absolute Gasteiger partial charge is 0.415 e. The third-order valence-corrected chi connectivity index (χ3v) is 7.29. The summed E-state index contributed by atoms with van der Waals surface area (Å²) in [5.41, 5.74) is 2.28. The molecule has 2 aromatic heterocycles. The van der Waals surface area contributed by atoms with E-state index in [4.69, 9.17) is 14.2 Å². The molecule has 4 aromatic rings. The number of ether oxygens (including phenoxy) is 3. The second-order valence-corrected chi connectivity index (χ2v) is 10.4. The first-order chi connectivity index (χ1) is 19.1. The maximum absolute atomic E-state index is 12.7. The largest absolute Gasteiger partial charge is 0.490 e. The molecule has 7 nitrogen and oxygen atoms in total. The predicted molar refractivity (Wildman–Crippen MR) is 152 cm³/mol. The van der Waals surface area contributed by atoms with Crippen molar-refractivity contribution < 1.29 is 19.0 Å². The van der Waals surface area contributed by atoms with E-state index in [1.165, 1.54) is 5.56 Å². The third-order valence-electron chi connectivity index (χ3n) is 6.34. The van der Waals surface area contributed by atoms with Gasteiger partial charge in [0.15, 0.2) is 0 Å². The van der Waals surface area contributed by atoms with Gasteiger partial charge in [0.05, 0.1) is 5.03 Å². The van der Waals surface area contributed by atoms with Gasteiger partial charge in [0.25, 0.3) is 0 Å². The summed E-state index contributed by atoms with van der Waals surface area (Å²) in [5.74, 6) is 3.53. The monoisotopic (exact) mass is 541 g/mol. The van der Waals surface area contributed by atoms with E-state index in [1.54, 1.807) is 29.1 Å². The lowest BCUT2D eigenvalue weighted by molar-refractivity contribution is 0.0930. The normalized spacial score (nSPS) is 13.6. The van der Waals surface area contributed by atoms with E-state index in [9.17, 15) is 4.79 Å². The Kier molecular flexibility index (Phi) is 8.96. The molecule has 1 aliphatic heterocycles. The van der Waals surface area contributed by atoms with Gasteiger partial charge in [0, 0.05) is 50.1 Å². The summed E-state index contributed by atoms with van der Waals surface area (Å²) in [6, 6.07) is 25.0. The van der Waals surface area contributed by atoms with E-state index in [2.05, 4.69) is 9.97 Å². The van der Waals surface area contributed by atoms with Gasteiger partial charge in [-0.05, 0) is 73.0 Å². The van der Waals surface area contributed by atoms with E-state index in [0.717, 1.165) is 41.4 Å². The molecule has 0 saturated carbocycles. The fourth-order valence-corrected chi connectivity index (χ4v) is 5.02. The summed E-state index contributed by atoms with van der Waals surface area (Å²) in [6.07, 6.45) is 5.71. The molecular formula is C31H31N3O4S. The number of carbonyl (C=O) groups is 1. The van der Waals surface area contributed by atoms with Crippen LogP contribution in [0.1, 0.15) is 24.0 Å². The lowest BCUT2D eigenvalue weighted by Gasteiger charge is -2.31. The fourth-order valence-electron chi connectivity index (χ4n) is 4.17. The summed E-state index contributed by atoms with van der Waals surface area (Å²) in [6.45, 7) is 3.17. The Labute approximate surface area is 233 Å². The van der Waals surface area contributed by atoms with Gasteiger partial charge < -0.3 is 19.1 Å². The zero-order valence-corrected chi connectivity index (χ0v) is 22.7. The Morgan fingerprint density at radius 1 is 0.897 bits per heavy atom. The van der Waals surface area contributed by atoms with Crippen molar-refractivity contribution in [2.24, 2.45) is 0 Å². The van der Waals surface area contributed by atoms with Crippen molar-refractivity contribution in [1.82, 2.24) is 14.9 Å². The van der Waals surface area contributed by atoms with Gasteiger partial charge in [-0.15, -0.1) is 11.8 Å². The zero-order chi connectivity index (χ0) is 26.9. The van der Waals surface area contributed by atoms with Crippen LogP contribution in [0.3, 0.4) is 0 Å². The Morgan fingerprint density at radius 3 is 2.33 bits per heavy atom.